The number of Topliss-reactive ketones (excluding diaryl/α,β-unsaturated/α-hetero) is 1. The van der Waals surface area contributed by atoms with E-state index in [4.69, 9.17) is 0 Å². The second-order valence-electron chi connectivity index (χ2n) is 4.34. The molecule has 0 aromatic heterocycles. The summed E-state index contributed by atoms with van der Waals surface area (Å²) in [6.45, 7) is 1.47. The molecule has 2 aromatic rings. The number of ketones is 1. The second-order valence-corrected chi connectivity index (χ2v) is 5.20. The van der Waals surface area contributed by atoms with Crippen LogP contribution in [0.25, 0.3) is 0 Å². The first-order valence-electron chi connectivity index (χ1n) is 6.10. The number of hydrogen-bond acceptors (Lipinski definition) is 2. The predicted molar refractivity (Wildman–Crippen MR) is 83.2 cm³/mol. The number of carbonyl (C=O) groups is 2. The maximum atomic E-state index is 13.3. The summed E-state index contributed by atoms with van der Waals surface area (Å²) >= 11 is 3.04. The molecule has 6 heteroatoms. The lowest BCUT2D eigenvalue weighted by Gasteiger charge is -2.08. The number of benzene rings is 2. The molecule has 0 atom stereocenters. The summed E-state index contributed by atoms with van der Waals surface area (Å²) in [6.07, 6.45) is 0. The molecule has 0 aliphatic rings. The lowest BCUT2D eigenvalue weighted by molar-refractivity contribution is 0.101. The lowest BCUT2D eigenvalue weighted by atomic mass is 10.1. The van der Waals surface area contributed by atoms with Gasteiger partial charge in [0, 0.05) is 16.9 Å². The first-order valence-corrected chi connectivity index (χ1v) is 6.89. The van der Waals surface area contributed by atoms with E-state index in [1.165, 1.54) is 19.1 Å². The molecule has 0 fully saturated rings. The molecule has 0 saturated carbocycles. The standard InChI is InChI=1S/C15H12BrFN2O2/c1-9(20)10-2-4-11(5-3-10)18-15(21)19-12-6-7-13(16)14(17)8-12/h2-8H,1H3,(H2,18,19,21). The highest BCUT2D eigenvalue weighted by molar-refractivity contribution is 9.10. The van der Waals surface area contributed by atoms with Crippen molar-refractivity contribution in [3.8, 4) is 0 Å². The van der Waals surface area contributed by atoms with Crippen LogP contribution in [0.5, 0.6) is 0 Å². The van der Waals surface area contributed by atoms with E-state index in [1.54, 1.807) is 30.3 Å². The van der Waals surface area contributed by atoms with E-state index < -0.39 is 11.8 Å². The highest BCUT2D eigenvalue weighted by atomic mass is 79.9. The molecule has 0 radical (unpaired) electrons. The van der Waals surface area contributed by atoms with Gasteiger partial charge in [0.05, 0.1) is 4.47 Å². The molecule has 108 valence electrons. The SMILES string of the molecule is CC(=O)c1ccc(NC(=O)Nc2ccc(Br)c(F)c2)cc1. The van der Waals surface area contributed by atoms with Gasteiger partial charge < -0.3 is 10.6 Å². The first-order chi connectivity index (χ1) is 9.95. The van der Waals surface area contributed by atoms with Crippen LogP contribution in [0.2, 0.25) is 0 Å². The average molecular weight is 351 g/mol. The molecular weight excluding hydrogens is 339 g/mol. The molecule has 0 aliphatic carbocycles. The topological polar surface area (TPSA) is 58.2 Å². The van der Waals surface area contributed by atoms with E-state index in [-0.39, 0.29) is 5.78 Å². The predicted octanol–water partition coefficient (Wildman–Crippen LogP) is 4.43. The maximum Gasteiger partial charge on any atom is 0.323 e. The average Bonchev–Trinajstić information content (AvgIpc) is 2.43. The summed E-state index contributed by atoms with van der Waals surface area (Å²) in [6, 6.07) is 10.3. The minimum Gasteiger partial charge on any atom is -0.308 e. The van der Waals surface area contributed by atoms with Gasteiger partial charge in [-0.05, 0) is 65.3 Å². The van der Waals surface area contributed by atoms with E-state index >= 15 is 0 Å². The first kappa shape index (κ1) is 15.2. The summed E-state index contributed by atoms with van der Waals surface area (Å²) in [4.78, 5) is 22.9. The zero-order valence-electron chi connectivity index (χ0n) is 11.1. The lowest BCUT2D eigenvalue weighted by Crippen LogP contribution is -2.19. The zero-order chi connectivity index (χ0) is 15.4. The summed E-state index contributed by atoms with van der Waals surface area (Å²) in [7, 11) is 0. The zero-order valence-corrected chi connectivity index (χ0v) is 12.7. The molecule has 21 heavy (non-hydrogen) atoms. The molecule has 0 spiro atoms. The van der Waals surface area contributed by atoms with Gasteiger partial charge in [-0.15, -0.1) is 0 Å². The Morgan fingerprint density at radius 1 is 1.00 bits per heavy atom. The van der Waals surface area contributed by atoms with Crippen molar-refractivity contribution >= 4 is 39.1 Å². The molecule has 0 unspecified atom stereocenters. The number of anilines is 2. The van der Waals surface area contributed by atoms with E-state index in [2.05, 4.69) is 26.6 Å². The van der Waals surface area contributed by atoms with Crippen molar-refractivity contribution in [2.75, 3.05) is 10.6 Å². The molecule has 4 nitrogen and oxygen atoms in total. The minimum absolute atomic E-state index is 0.0451. The molecule has 0 aliphatic heterocycles. The number of nitrogens with one attached hydrogen (secondary N) is 2. The van der Waals surface area contributed by atoms with Crippen LogP contribution >= 0.6 is 15.9 Å². The van der Waals surface area contributed by atoms with E-state index in [9.17, 15) is 14.0 Å². The van der Waals surface area contributed by atoms with Gasteiger partial charge in [-0.3, -0.25) is 4.79 Å². The third kappa shape index (κ3) is 4.13. The van der Waals surface area contributed by atoms with Crippen LogP contribution in [0.15, 0.2) is 46.9 Å². The number of rotatable bonds is 3. The van der Waals surface area contributed by atoms with Crippen LogP contribution in [-0.2, 0) is 0 Å². The van der Waals surface area contributed by atoms with E-state index in [0.29, 0.717) is 21.4 Å². The number of halogens is 2. The van der Waals surface area contributed by atoms with Gasteiger partial charge in [0.2, 0.25) is 0 Å². The van der Waals surface area contributed by atoms with Crippen molar-refractivity contribution in [2.24, 2.45) is 0 Å². The third-order valence-corrected chi connectivity index (χ3v) is 3.37. The Bertz CT molecular complexity index is 687. The largest absolute Gasteiger partial charge is 0.323 e. The summed E-state index contributed by atoms with van der Waals surface area (Å²) < 4.78 is 13.7. The van der Waals surface area contributed by atoms with Gasteiger partial charge in [0.15, 0.2) is 5.78 Å². The fourth-order valence-corrected chi connectivity index (χ4v) is 1.90. The normalized spacial score (nSPS) is 10.0. The molecule has 2 aromatic carbocycles. The fourth-order valence-electron chi connectivity index (χ4n) is 1.66. The Labute approximate surface area is 129 Å². The monoisotopic (exact) mass is 350 g/mol. The molecule has 2 amide bonds. The van der Waals surface area contributed by atoms with Gasteiger partial charge in [0.1, 0.15) is 5.82 Å². The molecular formula is C15H12BrFN2O2. The van der Waals surface area contributed by atoms with Gasteiger partial charge in [-0.2, -0.15) is 0 Å². The van der Waals surface area contributed by atoms with Crippen molar-refractivity contribution in [3.63, 3.8) is 0 Å². The van der Waals surface area contributed by atoms with Crippen LogP contribution in [0.4, 0.5) is 20.6 Å². The molecule has 0 heterocycles. The molecule has 0 bridgehead atoms. The Hall–Kier alpha value is -2.21. The fraction of sp³-hybridized carbons (Fsp3) is 0.0667. The van der Waals surface area contributed by atoms with Gasteiger partial charge >= 0.3 is 6.03 Å². The highest BCUT2D eigenvalue weighted by Gasteiger charge is 2.06. The quantitative estimate of drug-likeness (QED) is 0.804. The Morgan fingerprint density at radius 2 is 1.57 bits per heavy atom. The third-order valence-electron chi connectivity index (χ3n) is 2.73. The van der Waals surface area contributed by atoms with Crippen molar-refractivity contribution in [1.29, 1.82) is 0 Å². The van der Waals surface area contributed by atoms with Crippen LogP contribution < -0.4 is 10.6 Å². The van der Waals surface area contributed by atoms with Gasteiger partial charge in [-0.1, -0.05) is 0 Å². The Kier molecular flexibility index (Phi) is 4.70. The van der Waals surface area contributed by atoms with Crippen molar-refractivity contribution in [3.05, 3.63) is 58.3 Å². The maximum absolute atomic E-state index is 13.3. The number of carbonyl (C=O) groups excluding carboxylic acids is 2. The summed E-state index contributed by atoms with van der Waals surface area (Å²) in [5.41, 5.74) is 1.44. The number of hydrogen-bond donors (Lipinski definition) is 2. The number of amides is 2. The smallest absolute Gasteiger partial charge is 0.308 e. The van der Waals surface area contributed by atoms with Crippen LogP contribution in [-0.4, -0.2) is 11.8 Å². The van der Waals surface area contributed by atoms with E-state index in [1.807, 2.05) is 0 Å². The highest BCUT2D eigenvalue weighted by Crippen LogP contribution is 2.19. The Morgan fingerprint density at radius 3 is 2.14 bits per heavy atom. The summed E-state index contributed by atoms with van der Waals surface area (Å²) in [5, 5.41) is 5.11. The molecule has 2 N–H and O–H groups in total. The van der Waals surface area contributed by atoms with E-state index in [0.717, 1.165) is 0 Å². The Balaban J connectivity index is 2.01. The van der Waals surface area contributed by atoms with Crippen LogP contribution in [0.1, 0.15) is 17.3 Å². The minimum atomic E-state index is -0.493. The van der Waals surface area contributed by atoms with Gasteiger partial charge in [0.25, 0.3) is 0 Å². The molecule has 2 rings (SSSR count). The second kappa shape index (κ2) is 6.49. The molecule has 0 saturated heterocycles. The van der Waals surface area contributed by atoms with Crippen LogP contribution in [0, 0.1) is 5.82 Å². The van der Waals surface area contributed by atoms with Gasteiger partial charge in [-0.25, -0.2) is 9.18 Å². The number of urea groups is 1. The van der Waals surface area contributed by atoms with Crippen molar-refractivity contribution < 1.29 is 14.0 Å². The van der Waals surface area contributed by atoms with Crippen molar-refractivity contribution in [2.45, 2.75) is 6.92 Å². The summed E-state index contributed by atoms with van der Waals surface area (Å²) in [5.74, 6) is -0.505. The van der Waals surface area contributed by atoms with Crippen LogP contribution in [0.3, 0.4) is 0 Å². The van der Waals surface area contributed by atoms with Crippen molar-refractivity contribution in [1.82, 2.24) is 0 Å².